The van der Waals surface area contributed by atoms with Crippen LogP contribution in [0.3, 0.4) is 0 Å². The van der Waals surface area contributed by atoms with Crippen molar-refractivity contribution in [3.05, 3.63) is 64.9 Å². The molecule has 2 aromatic carbocycles. The molecule has 4 heteroatoms. The van der Waals surface area contributed by atoms with Crippen LogP contribution in [0.15, 0.2) is 42.6 Å². The van der Waals surface area contributed by atoms with E-state index in [1.54, 1.807) is 12.1 Å². The number of aromatic hydroxyl groups is 1. The molecule has 4 nitrogen and oxygen atoms in total. The normalized spacial score (nSPS) is 15.6. The lowest BCUT2D eigenvalue weighted by Gasteiger charge is -2.25. The van der Waals surface area contributed by atoms with Gasteiger partial charge in [0.2, 0.25) is 0 Å². The molecule has 0 spiro atoms. The monoisotopic (exact) mass is 279 g/mol. The lowest BCUT2D eigenvalue weighted by atomic mass is 10.0. The van der Waals surface area contributed by atoms with Crippen LogP contribution in [-0.2, 0) is 17.9 Å². The molecule has 2 aromatic rings. The van der Waals surface area contributed by atoms with Gasteiger partial charge in [-0.1, -0.05) is 6.07 Å². The number of carbonyl (C=O) groups is 1. The fraction of sp³-hybridized carbons (Fsp3) is 0.118. The Bertz CT molecular complexity index is 780. The quantitative estimate of drug-likeness (QED) is 0.815. The first-order chi connectivity index (χ1) is 10.2. The van der Waals surface area contributed by atoms with Crippen molar-refractivity contribution in [3.63, 3.8) is 0 Å². The zero-order chi connectivity index (χ0) is 14.4. The molecule has 0 unspecified atom stereocenters. The van der Waals surface area contributed by atoms with E-state index in [-0.39, 0.29) is 11.7 Å². The fourth-order valence-electron chi connectivity index (χ4n) is 2.76. The number of phenolic OH excluding ortho intramolecular Hbond substituents is 1. The average molecular weight is 279 g/mol. The second-order valence-corrected chi connectivity index (χ2v) is 5.24. The molecule has 0 atom stereocenters. The third-order valence-electron chi connectivity index (χ3n) is 3.90. The molecule has 0 radical (unpaired) electrons. The molecule has 0 aromatic heterocycles. The zero-order valence-corrected chi connectivity index (χ0v) is 11.2. The lowest BCUT2D eigenvalue weighted by Crippen LogP contribution is -2.19. The molecular weight excluding hydrogens is 266 g/mol. The number of phenols is 1. The molecule has 0 fully saturated rings. The number of hydrogen-bond acceptors (Lipinski definition) is 4. The maximum Gasteiger partial charge on any atom is 0.338 e. The van der Waals surface area contributed by atoms with E-state index >= 15 is 0 Å². The van der Waals surface area contributed by atoms with E-state index < -0.39 is 0 Å². The van der Waals surface area contributed by atoms with E-state index in [2.05, 4.69) is 4.90 Å². The first kappa shape index (κ1) is 12.0. The van der Waals surface area contributed by atoms with Gasteiger partial charge in [0.1, 0.15) is 12.4 Å². The number of ether oxygens (including phenoxy) is 1. The van der Waals surface area contributed by atoms with Gasteiger partial charge in [0.15, 0.2) is 0 Å². The number of rotatable bonds is 1. The molecule has 0 amide bonds. The summed E-state index contributed by atoms with van der Waals surface area (Å²) in [5.74, 6) is 0.0339. The second kappa shape index (κ2) is 4.38. The molecule has 0 saturated heterocycles. The van der Waals surface area contributed by atoms with Crippen molar-refractivity contribution in [2.75, 3.05) is 4.90 Å². The highest BCUT2D eigenvalue weighted by atomic mass is 16.5. The smallest absolute Gasteiger partial charge is 0.338 e. The Hall–Kier alpha value is -2.75. The summed E-state index contributed by atoms with van der Waals surface area (Å²) >= 11 is 0. The minimum atomic E-state index is -0.244. The number of anilines is 1. The average Bonchev–Trinajstić information content (AvgIpc) is 2.87. The summed E-state index contributed by atoms with van der Waals surface area (Å²) in [4.78, 5) is 13.6. The van der Waals surface area contributed by atoms with Crippen molar-refractivity contribution >= 4 is 17.7 Å². The van der Waals surface area contributed by atoms with Gasteiger partial charge >= 0.3 is 5.97 Å². The Balaban J connectivity index is 1.68. The Labute approximate surface area is 121 Å². The number of hydrogen-bond donors (Lipinski definition) is 1. The van der Waals surface area contributed by atoms with Gasteiger partial charge in [0.25, 0.3) is 0 Å². The van der Waals surface area contributed by atoms with Gasteiger partial charge < -0.3 is 14.7 Å². The van der Waals surface area contributed by atoms with Gasteiger partial charge in [-0.05, 0) is 47.5 Å². The molecule has 4 rings (SSSR count). The second-order valence-electron chi connectivity index (χ2n) is 5.24. The number of nitrogens with zero attached hydrogens (tertiary/aromatic N) is 1. The van der Waals surface area contributed by atoms with Gasteiger partial charge in [-0.15, -0.1) is 0 Å². The molecule has 104 valence electrons. The Kier molecular flexibility index (Phi) is 2.51. The van der Waals surface area contributed by atoms with E-state index in [4.69, 9.17) is 4.74 Å². The van der Waals surface area contributed by atoms with E-state index in [1.807, 2.05) is 36.5 Å². The van der Waals surface area contributed by atoms with Crippen molar-refractivity contribution in [1.82, 2.24) is 0 Å². The maximum absolute atomic E-state index is 11.5. The molecule has 1 N–H and O–H groups in total. The molecule has 2 aliphatic rings. The first-order valence-corrected chi connectivity index (χ1v) is 6.77. The van der Waals surface area contributed by atoms with E-state index in [0.717, 1.165) is 28.9 Å². The third-order valence-corrected chi connectivity index (χ3v) is 3.90. The van der Waals surface area contributed by atoms with Crippen molar-refractivity contribution in [1.29, 1.82) is 0 Å². The topological polar surface area (TPSA) is 49.8 Å². The van der Waals surface area contributed by atoms with Gasteiger partial charge in [-0.3, -0.25) is 0 Å². The fourth-order valence-corrected chi connectivity index (χ4v) is 2.76. The predicted molar refractivity (Wildman–Crippen MR) is 78.9 cm³/mol. The highest BCUT2D eigenvalue weighted by Gasteiger charge is 2.22. The van der Waals surface area contributed by atoms with Crippen LogP contribution in [0, 0.1) is 0 Å². The maximum atomic E-state index is 11.5. The summed E-state index contributed by atoms with van der Waals surface area (Å²) < 4.78 is 5.03. The number of cyclic esters (lactones) is 1. The minimum Gasteiger partial charge on any atom is -0.508 e. The van der Waals surface area contributed by atoms with Gasteiger partial charge in [0.05, 0.1) is 5.56 Å². The van der Waals surface area contributed by atoms with Crippen LogP contribution in [0.1, 0.15) is 27.0 Å². The summed E-state index contributed by atoms with van der Waals surface area (Å²) in [5, 5.41) is 9.51. The van der Waals surface area contributed by atoms with Crippen LogP contribution in [0.25, 0.3) is 6.08 Å². The number of esters is 1. The van der Waals surface area contributed by atoms with Gasteiger partial charge in [0, 0.05) is 24.0 Å². The van der Waals surface area contributed by atoms with Crippen LogP contribution in [0.2, 0.25) is 0 Å². The molecule has 2 aliphatic heterocycles. The molecule has 0 saturated carbocycles. The van der Waals surface area contributed by atoms with E-state index in [9.17, 15) is 9.90 Å². The van der Waals surface area contributed by atoms with Crippen molar-refractivity contribution < 1.29 is 14.6 Å². The predicted octanol–water partition coefficient (Wildman–Crippen LogP) is 3.05. The Morgan fingerprint density at radius 3 is 2.90 bits per heavy atom. The Morgan fingerprint density at radius 1 is 1.10 bits per heavy atom. The minimum absolute atomic E-state index is 0.244. The third kappa shape index (κ3) is 1.96. The van der Waals surface area contributed by atoms with Gasteiger partial charge in [-0.2, -0.15) is 0 Å². The summed E-state index contributed by atoms with van der Waals surface area (Å²) in [6.07, 6.45) is 3.97. The van der Waals surface area contributed by atoms with E-state index in [1.165, 1.54) is 0 Å². The lowest BCUT2D eigenvalue weighted by molar-refractivity contribution is 0.0535. The van der Waals surface area contributed by atoms with Gasteiger partial charge in [-0.25, -0.2) is 4.79 Å². The van der Waals surface area contributed by atoms with Crippen molar-refractivity contribution in [3.8, 4) is 5.75 Å². The summed E-state index contributed by atoms with van der Waals surface area (Å²) in [6, 6.07) is 11.1. The van der Waals surface area contributed by atoms with Crippen molar-refractivity contribution in [2.24, 2.45) is 0 Å². The molecular formula is C17H13NO3. The van der Waals surface area contributed by atoms with Crippen LogP contribution < -0.4 is 4.90 Å². The van der Waals surface area contributed by atoms with Crippen molar-refractivity contribution in [2.45, 2.75) is 13.2 Å². The summed E-state index contributed by atoms with van der Waals surface area (Å²) in [5.41, 5.74) is 4.81. The molecule has 0 bridgehead atoms. The Morgan fingerprint density at radius 2 is 2.00 bits per heavy atom. The highest BCUT2D eigenvalue weighted by Crippen LogP contribution is 2.30. The van der Waals surface area contributed by atoms with Crippen LogP contribution in [-0.4, -0.2) is 11.1 Å². The largest absolute Gasteiger partial charge is 0.508 e. The standard InChI is InChI=1S/C17H13NO3/c19-15-3-1-12-9-18(6-5-11(12)8-15)14-2-4-16-13(7-14)10-21-17(16)20/h1-8,19H,9-10H2. The number of benzene rings is 2. The summed E-state index contributed by atoms with van der Waals surface area (Å²) in [6.45, 7) is 1.09. The number of carbonyl (C=O) groups excluding carboxylic acids is 1. The number of fused-ring (bicyclic) bond motifs is 2. The zero-order valence-electron chi connectivity index (χ0n) is 11.2. The van der Waals surface area contributed by atoms with Crippen LogP contribution in [0.4, 0.5) is 5.69 Å². The van der Waals surface area contributed by atoms with E-state index in [0.29, 0.717) is 12.2 Å². The first-order valence-electron chi connectivity index (χ1n) is 6.77. The highest BCUT2D eigenvalue weighted by molar-refractivity contribution is 5.94. The van der Waals surface area contributed by atoms with Crippen LogP contribution >= 0.6 is 0 Å². The SMILES string of the molecule is O=C1OCc2cc(N3C=Cc4cc(O)ccc4C3)ccc21. The molecule has 0 aliphatic carbocycles. The molecule has 2 heterocycles. The van der Waals surface area contributed by atoms with Crippen LogP contribution in [0.5, 0.6) is 5.75 Å². The molecule has 21 heavy (non-hydrogen) atoms. The summed E-state index contributed by atoms with van der Waals surface area (Å²) in [7, 11) is 0.